The molecule has 0 bridgehead atoms. The van der Waals surface area contributed by atoms with Crippen LogP contribution in [0, 0.1) is 0 Å². The highest BCUT2D eigenvalue weighted by Crippen LogP contribution is 2.23. The van der Waals surface area contributed by atoms with Gasteiger partial charge in [0.2, 0.25) is 11.8 Å². The highest BCUT2D eigenvalue weighted by Gasteiger charge is 2.39. The number of hydrogen-bond donors (Lipinski definition) is 2. The van der Waals surface area contributed by atoms with Crippen molar-refractivity contribution < 1.29 is 19.5 Å². The summed E-state index contributed by atoms with van der Waals surface area (Å²) < 4.78 is 0. The Labute approximate surface area is 116 Å². The van der Waals surface area contributed by atoms with Crippen molar-refractivity contribution in [1.29, 1.82) is 0 Å². The third-order valence-electron chi connectivity index (χ3n) is 3.39. The summed E-state index contributed by atoms with van der Waals surface area (Å²) in [4.78, 5) is 36.6. The Balaban J connectivity index is 2.77. The van der Waals surface area contributed by atoms with Crippen LogP contribution in [-0.2, 0) is 14.4 Å². The summed E-state index contributed by atoms with van der Waals surface area (Å²) in [6.07, 6.45) is 0.629. The number of thioether (sulfide) groups is 1. The second-order valence-electron chi connectivity index (χ2n) is 4.71. The van der Waals surface area contributed by atoms with E-state index >= 15 is 0 Å². The Morgan fingerprint density at radius 2 is 2.05 bits per heavy atom. The Kier molecular flexibility index (Phi) is 5.22. The minimum absolute atomic E-state index is 0.0846. The maximum Gasteiger partial charge on any atom is 0.329 e. The lowest BCUT2D eigenvalue weighted by atomic mass is 9.98. The molecule has 0 saturated carbocycles. The van der Waals surface area contributed by atoms with Gasteiger partial charge >= 0.3 is 5.97 Å². The maximum absolute atomic E-state index is 12.2. The van der Waals surface area contributed by atoms with E-state index in [1.54, 1.807) is 13.8 Å². The smallest absolute Gasteiger partial charge is 0.329 e. The standard InChI is InChI=1S/C12H20N2O4S/c1-4-9(15)14-7-19-6-8(14)10(16)13-12(3,5-2)11(17)18/h8H,4-7H2,1-3H3,(H,13,16)(H,17,18). The van der Waals surface area contributed by atoms with Crippen LogP contribution in [0.25, 0.3) is 0 Å². The fourth-order valence-corrected chi connectivity index (χ4v) is 2.94. The van der Waals surface area contributed by atoms with Crippen LogP contribution < -0.4 is 5.32 Å². The molecule has 6 nitrogen and oxygen atoms in total. The molecule has 0 spiro atoms. The van der Waals surface area contributed by atoms with Gasteiger partial charge in [-0.2, -0.15) is 0 Å². The van der Waals surface area contributed by atoms with Crippen LogP contribution in [0.15, 0.2) is 0 Å². The summed E-state index contributed by atoms with van der Waals surface area (Å²) in [7, 11) is 0. The highest BCUT2D eigenvalue weighted by molar-refractivity contribution is 7.99. The number of nitrogens with zero attached hydrogens (tertiary/aromatic N) is 1. The fourth-order valence-electron chi connectivity index (χ4n) is 1.76. The molecule has 1 aliphatic rings. The van der Waals surface area contributed by atoms with Crippen LogP contribution in [0.4, 0.5) is 0 Å². The van der Waals surface area contributed by atoms with Gasteiger partial charge in [0.25, 0.3) is 0 Å². The summed E-state index contributed by atoms with van der Waals surface area (Å²) in [5, 5.41) is 11.7. The molecule has 2 N–H and O–H groups in total. The van der Waals surface area contributed by atoms with Crippen molar-refractivity contribution in [3.63, 3.8) is 0 Å². The molecule has 1 fully saturated rings. The monoisotopic (exact) mass is 288 g/mol. The highest BCUT2D eigenvalue weighted by atomic mass is 32.2. The predicted octanol–water partition coefficient (Wildman–Crippen LogP) is 0.667. The molecule has 2 amide bonds. The SMILES string of the molecule is CCC(=O)N1CSCC1C(=O)NC(C)(CC)C(=O)O. The van der Waals surface area contributed by atoms with Crippen molar-refractivity contribution in [3.8, 4) is 0 Å². The van der Waals surface area contributed by atoms with Gasteiger partial charge < -0.3 is 15.3 Å². The van der Waals surface area contributed by atoms with Crippen molar-refractivity contribution in [2.45, 2.75) is 45.2 Å². The van der Waals surface area contributed by atoms with Crippen molar-refractivity contribution >= 4 is 29.5 Å². The third-order valence-corrected chi connectivity index (χ3v) is 4.40. The van der Waals surface area contributed by atoms with E-state index in [9.17, 15) is 14.4 Å². The quantitative estimate of drug-likeness (QED) is 0.776. The Morgan fingerprint density at radius 3 is 2.53 bits per heavy atom. The van der Waals surface area contributed by atoms with Crippen LogP contribution >= 0.6 is 11.8 Å². The average Bonchev–Trinajstić information content (AvgIpc) is 2.86. The number of carbonyl (C=O) groups excluding carboxylic acids is 2. The van der Waals surface area contributed by atoms with Crippen molar-refractivity contribution in [2.75, 3.05) is 11.6 Å². The second kappa shape index (κ2) is 6.27. The van der Waals surface area contributed by atoms with Crippen LogP contribution in [0.5, 0.6) is 0 Å². The predicted molar refractivity (Wildman–Crippen MR) is 72.7 cm³/mol. The molecule has 0 aromatic rings. The number of carboxylic acid groups (broad SMARTS) is 1. The van der Waals surface area contributed by atoms with E-state index in [4.69, 9.17) is 5.11 Å². The largest absolute Gasteiger partial charge is 0.480 e. The minimum Gasteiger partial charge on any atom is -0.480 e. The number of carboxylic acids is 1. The zero-order valence-corrected chi connectivity index (χ0v) is 12.2. The molecule has 1 rings (SSSR count). The molecule has 1 heterocycles. The molecule has 0 radical (unpaired) electrons. The van der Waals surface area contributed by atoms with Crippen LogP contribution in [0.2, 0.25) is 0 Å². The van der Waals surface area contributed by atoms with E-state index in [1.807, 2.05) is 0 Å². The van der Waals surface area contributed by atoms with Crippen molar-refractivity contribution in [3.05, 3.63) is 0 Å². The van der Waals surface area contributed by atoms with E-state index in [0.29, 0.717) is 18.1 Å². The van der Waals surface area contributed by atoms with Gasteiger partial charge in [-0.3, -0.25) is 9.59 Å². The van der Waals surface area contributed by atoms with E-state index in [-0.39, 0.29) is 12.3 Å². The Hall–Kier alpha value is -1.24. The molecule has 7 heteroatoms. The summed E-state index contributed by atoms with van der Waals surface area (Å²) in [5.74, 6) is -0.544. The number of hydrogen-bond acceptors (Lipinski definition) is 4. The van der Waals surface area contributed by atoms with E-state index in [2.05, 4.69) is 5.32 Å². The molecule has 1 aliphatic heterocycles. The van der Waals surface area contributed by atoms with E-state index in [0.717, 1.165) is 0 Å². The van der Waals surface area contributed by atoms with Gasteiger partial charge in [0.15, 0.2) is 0 Å². The topological polar surface area (TPSA) is 86.7 Å². The first-order chi connectivity index (χ1) is 8.85. The van der Waals surface area contributed by atoms with Gasteiger partial charge in [0.1, 0.15) is 11.6 Å². The molecule has 0 aromatic heterocycles. The molecule has 0 aromatic carbocycles. The molecule has 19 heavy (non-hydrogen) atoms. The van der Waals surface area contributed by atoms with Crippen molar-refractivity contribution in [1.82, 2.24) is 10.2 Å². The summed E-state index contributed by atoms with van der Waals surface area (Å²) >= 11 is 1.50. The number of carbonyl (C=O) groups is 3. The van der Waals surface area contributed by atoms with E-state index in [1.165, 1.54) is 23.6 Å². The first kappa shape index (κ1) is 15.8. The summed E-state index contributed by atoms with van der Waals surface area (Å²) in [5.41, 5.74) is -1.29. The number of amides is 2. The molecule has 2 unspecified atom stereocenters. The Morgan fingerprint density at radius 1 is 1.42 bits per heavy atom. The molecular weight excluding hydrogens is 268 g/mol. The normalized spacial score (nSPS) is 21.8. The molecular formula is C12H20N2O4S. The Bertz CT molecular complexity index is 388. The first-order valence-corrected chi connectivity index (χ1v) is 7.43. The van der Waals surface area contributed by atoms with Gasteiger partial charge in [0, 0.05) is 12.2 Å². The summed E-state index contributed by atoms with van der Waals surface area (Å²) in [6.45, 7) is 4.92. The number of nitrogens with one attached hydrogen (secondary N) is 1. The average molecular weight is 288 g/mol. The van der Waals surface area contributed by atoms with Crippen LogP contribution in [0.1, 0.15) is 33.6 Å². The molecule has 108 valence electrons. The van der Waals surface area contributed by atoms with Gasteiger partial charge in [-0.05, 0) is 13.3 Å². The molecule has 2 atom stereocenters. The molecule has 0 aliphatic carbocycles. The lowest BCUT2D eigenvalue weighted by molar-refractivity contribution is -0.148. The van der Waals surface area contributed by atoms with Gasteiger partial charge in [-0.25, -0.2) is 4.79 Å². The fraction of sp³-hybridized carbons (Fsp3) is 0.750. The summed E-state index contributed by atoms with van der Waals surface area (Å²) in [6, 6.07) is -0.567. The number of rotatable bonds is 5. The van der Waals surface area contributed by atoms with Gasteiger partial charge in [0.05, 0.1) is 5.88 Å². The molecule has 1 saturated heterocycles. The minimum atomic E-state index is -1.29. The second-order valence-corrected chi connectivity index (χ2v) is 5.71. The van der Waals surface area contributed by atoms with E-state index < -0.39 is 23.5 Å². The zero-order valence-electron chi connectivity index (χ0n) is 11.4. The van der Waals surface area contributed by atoms with Crippen LogP contribution in [-0.4, -0.2) is 51.0 Å². The third kappa shape index (κ3) is 3.40. The number of aliphatic carboxylic acids is 1. The maximum atomic E-state index is 12.2. The lowest BCUT2D eigenvalue weighted by Crippen LogP contribution is -2.57. The lowest BCUT2D eigenvalue weighted by Gasteiger charge is -2.29. The van der Waals surface area contributed by atoms with Gasteiger partial charge in [-0.1, -0.05) is 13.8 Å². The van der Waals surface area contributed by atoms with Crippen LogP contribution in [0.3, 0.4) is 0 Å². The first-order valence-electron chi connectivity index (χ1n) is 6.28. The zero-order chi connectivity index (χ0) is 14.6. The van der Waals surface area contributed by atoms with Gasteiger partial charge in [-0.15, -0.1) is 11.8 Å². The van der Waals surface area contributed by atoms with Crippen molar-refractivity contribution in [2.24, 2.45) is 0 Å².